The number of amides is 1. The highest BCUT2D eigenvalue weighted by atomic mass is 35.5. The van der Waals surface area contributed by atoms with E-state index in [9.17, 15) is 40.0 Å². The van der Waals surface area contributed by atoms with Crippen molar-refractivity contribution in [3.63, 3.8) is 0 Å². The first-order valence-electron chi connectivity index (χ1n) is 7.78. The quantitative estimate of drug-likeness (QED) is 0.505. The number of carbonyl (C=O) groups is 2. The number of sulfone groups is 1. The second kappa shape index (κ2) is 8.96. The fourth-order valence-corrected chi connectivity index (χ4v) is 3.06. The molecule has 0 aliphatic carbocycles. The number of halogens is 6. The van der Waals surface area contributed by atoms with Crippen LogP contribution in [0.15, 0.2) is 47.4 Å². The first-order chi connectivity index (χ1) is 13.8. The smallest absolute Gasteiger partial charge is 0.417 e. The van der Waals surface area contributed by atoms with Gasteiger partial charge < -0.3 is 10.1 Å². The summed E-state index contributed by atoms with van der Waals surface area (Å²) in [6.45, 7) is -0.875. The Balaban J connectivity index is 1.99. The Labute approximate surface area is 171 Å². The van der Waals surface area contributed by atoms with Crippen LogP contribution in [0.25, 0.3) is 0 Å². The Bertz CT molecular complexity index is 1060. The second-order valence-corrected chi connectivity index (χ2v) is 7.97. The number of rotatable bonds is 6. The summed E-state index contributed by atoms with van der Waals surface area (Å²) in [5.41, 5.74) is -1.64. The van der Waals surface area contributed by atoms with Crippen LogP contribution in [0.3, 0.4) is 0 Å². The molecule has 0 unspecified atom stereocenters. The molecule has 162 valence electrons. The molecule has 6 nitrogen and oxygen atoms in total. The van der Waals surface area contributed by atoms with E-state index in [0.717, 1.165) is 36.4 Å². The molecule has 0 atom stereocenters. The van der Waals surface area contributed by atoms with E-state index in [4.69, 9.17) is 11.6 Å². The van der Waals surface area contributed by atoms with Crippen LogP contribution in [0.1, 0.15) is 15.9 Å². The predicted octanol–water partition coefficient (Wildman–Crippen LogP) is 4.15. The molecule has 0 heterocycles. The minimum Gasteiger partial charge on any atom is -0.452 e. The lowest BCUT2D eigenvalue weighted by molar-refractivity contribution is -0.137. The highest BCUT2D eigenvalue weighted by Gasteiger charge is 2.33. The molecule has 0 aromatic heterocycles. The molecule has 0 spiro atoms. The van der Waals surface area contributed by atoms with Crippen molar-refractivity contribution in [2.75, 3.05) is 11.9 Å². The average Bonchev–Trinajstić information content (AvgIpc) is 2.66. The molecule has 0 aliphatic rings. The van der Waals surface area contributed by atoms with Gasteiger partial charge in [0.15, 0.2) is 6.61 Å². The fourth-order valence-electron chi connectivity index (χ4n) is 2.12. The van der Waals surface area contributed by atoms with Gasteiger partial charge in [0.2, 0.25) is 9.84 Å². The number of hydrogen-bond donors (Lipinski definition) is 1. The van der Waals surface area contributed by atoms with Gasteiger partial charge in [0.1, 0.15) is 0 Å². The van der Waals surface area contributed by atoms with Gasteiger partial charge in [0.05, 0.1) is 21.0 Å². The normalized spacial score (nSPS) is 12.0. The van der Waals surface area contributed by atoms with Crippen LogP contribution in [0.4, 0.5) is 27.6 Å². The van der Waals surface area contributed by atoms with Crippen molar-refractivity contribution >= 4 is 39.0 Å². The molecular weight excluding hydrogens is 461 g/mol. The molecule has 0 aliphatic heterocycles. The van der Waals surface area contributed by atoms with Gasteiger partial charge in [-0.15, -0.1) is 0 Å². The number of hydrogen-bond acceptors (Lipinski definition) is 5. The summed E-state index contributed by atoms with van der Waals surface area (Å²) < 4.78 is 90.6. The van der Waals surface area contributed by atoms with E-state index in [1.54, 1.807) is 0 Å². The van der Waals surface area contributed by atoms with E-state index >= 15 is 0 Å². The van der Waals surface area contributed by atoms with E-state index in [0.29, 0.717) is 6.07 Å². The highest BCUT2D eigenvalue weighted by Crippen LogP contribution is 2.36. The van der Waals surface area contributed by atoms with Crippen molar-refractivity contribution in [1.82, 2.24) is 0 Å². The molecule has 0 bridgehead atoms. The standard InChI is InChI=1S/C17H11ClF5NO5S/c18-13-6-3-10(7-12(13)17(21,22)23)24-14(25)8-29-15(26)9-1-4-11(5-2-9)30(27,28)16(19)20/h1-7,16H,8H2,(H,24,25). The van der Waals surface area contributed by atoms with Gasteiger partial charge in [-0.05, 0) is 42.5 Å². The molecular formula is C17H11ClF5NO5S. The zero-order valence-electron chi connectivity index (χ0n) is 14.5. The first kappa shape index (κ1) is 23.5. The number of nitrogens with one attached hydrogen (secondary N) is 1. The van der Waals surface area contributed by atoms with Crippen LogP contribution in [0.2, 0.25) is 5.02 Å². The molecule has 1 N–H and O–H groups in total. The monoisotopic (exact) mass is 471 g/mol. The van der Waals surface area contributed by atoms with Crippen LogP contribution in [-0.4, -0.2) is 32.7 Å². The van der Waals surface area contributed by atoms with Crippen molar-refractivity contribution in [1.29, 1.82) is 0 Å². The van der Waals surface area contributed by atoms with Crippen LogP contribution in [0.5, 0.6) is 0 Å². The van der Waals surface area contributed by atoms with Crippen LogP contribution in [-0.2, 0) is 25.5 Å². The number of esters is 1. The number of ether oxygens (including phenoxy) is 1. The summed E-state index contributed by atoms with van der Waals surface area (Å²) in [4.78, 5) is 22.9. The van der Waals surface area contributed by atoms with Crippen LogP contribution < -0.4 is 5.32 Å². The third kappa shape index (κ3) is 5.66. The SMILES string of the molecule is O=C(COC(=O)c1ccc(S(=O)(=O)C(F)F)cc1)Nc1ccc(Cl)c(C(F)(F)F)c1. The zero-order valence-corrected chi connectivity index (χ0v) is 16.1. The molecule has 13 heteroatoms. The molecule has 2 rings (SSSR count). The van der Waals surface area contributed by atoms with Gasteiger partial charge in [-0.2, -0.15) is 22.0 Å². The maximum atomic E-state index is 12.8. The molecule has 1 amide bonds. The maximum Gasteiger partial charge on any atom is 0.417 e. The second-order valence-electron chi connectivity index (χ2n) is 5.65. The number of anilines is 1. The molecule has 0 saturated carbocycles. The summed E-state index contributed by atoms with van der Waals surface area (Å²) in [7, 11) is -4.84. The van der Waals surface area contributed by atoms with Crippen molar-refractivity contribution in [2.24, 2.45) is 0 Å². The van der Waals surface area contributed by atoms with Crippen molar-refractivity contribution in [2.45, 2.75) is 16.8 Å². The summed E-state index contributed by atoms with van der Waals surface area (Å²) in [5, 5.41) is 1.53. The summed E-state index contributed by atoms with van der Waals surface area (Å²) in [6, 6.07) is 5.99. The largest absolute Gasteiger partial charge is 0.452 e. The molecule has 2 aromatic carbocycles. The average molecular weight is 472 g/mol. The third-order valence-electron chi connectivity index (χ3n) is 3.54. The van der Waals surface area contributed by atoms with E-state index in [1.165, 1.54) is 0 Å². The number of carbonyl (C=O) groups excluding carboxylic acids is 2. The minimum absolute atomic E-state index is 0.234. The summed E-state index contributed by atoms with van der Waals surface area (Å²) in [6.07, 6.45) is -4.74. The third-order valence-corrected chi connectivity index (χ3v) is 5.27. The Morgan fingerprint density at radius 3 is 2.20 bits per heavy atom. The van der Waals surface area contributed by atoms with Gasteiger partial charge in [-0.25, -0.2) is 13.2 Å². The maximum absolute atomic E-state index is 12.8. The molecule has 2 aromatic rings. The van der Waals surface area contributed by atoms with Crippen molar-refractivity contribution in [3.05, 3.63) is 58.6 Å². The van der Waals surface area contributed by atoms with Crippen molar-refractivity contribution in [3.8, 4) is 0 Å². The Hall–Kier alpha value is -2.73. The lowest BCUT2D eigenvalue weighted by atomic mass is 10.2. The first-order valence-corrected chi connectivity index (χ1v) is 9.70. The topological polar surface area (TPSA) is 89.5 Å². The van der Waals surface area contributed by atoms with E-state index in [-0.39, 0.29) is 11.3 Å². The molecule has 0 saturated heterocycles. The molecule has 30 heavy (non-hydrogen) atoms. The summed E-state index contributed by atoms with van der Waals surface area (Å²) in [5.74, 6) is -5.68. The Kier molecular flexibility index (Phi) is 7.03. The molecule has 0 radical (unpaired) electrons. The molecule has 0 fully saturated rings. The highest BCUT2D eigenvalue weighted by molar-refractivity contribution is 7.91. The van der Waals surface area contributed by atoms with Gasteiger partial charge >= 0.3 is 17.9 Å². The number of alkyl halides is 5. The van der Waals surface area contributed by atoms with Gasteiger partial charge in [-0.3, -0.25) is 4.79 Å². The van der Waals surface area contributed by atoms with E-state index in [1.807, 2.05) is 0 Å². The lowest BCUT2D eigenvalue weighted by Gasteiger charge is -2.12. The Morgan fingerprint density at radius 1 is 1.07 bits per heavy atom. The van der Waals surface area contributed by atoms with Crippen LogP contribution >= 0.6 is 11.6 Å². The number of benzene rings is 2. The predicted molar refractivity (Wildman–Crippen MR) is 95.0 cm³/mol. The zero-order chi connectivity index (χ0) is 22.7. The lowest BCUT2D eigenvalue weighted by Crippen LogP contribution is -2.21. The van der Waals surface area contributed by atoms with Crippen LogP contribution in [0, 0.1) is 0 Å². The van der Waals surface area contributed by atoms with Gasteiger partial charge in [-0.1, -0.05) is 11.6 Å². The Morgan fingerprint density at radius 2 is 1.67 bits per heavy atom. The van der Waals surface area contributed by atoms with Gasteiger partial charge in [0, 0.05) is 5.69 Å². The van der Waals surface area contributed by atoms with Crippen molar-refractivity contribution < 1.29 is 44.7 Å². The fraction of sp³-hybridized carbons (Fsp3) is 0.176. The minimum atomic E-state index is -4.84. The van der Waals surface area contributed by atoms with E-state index < -0.39 is 55.7 Å². The van der Waals surface area contributed by atoms with Gasteiger partial charge in [0.25, 0.3) is 5.91 Å². The van der Waals surface area contributed by atoms with E-state index in [2.05, 4.69) is 10.1 Å². The summed E-state index contributed by atoms with van der Waals surface area (Å²) >= 11 is 5.46.